The second kappa shape index (κ2) is 10.8. The van der Waals surface area contributed by atoms with E-state index >= 15 is 0 Å². The van der Waals surface area contributed by atoms with Gasteiger partial charge in [-0.1, -0.05) is 30.3 Å². The van der Waals surface area contributed by atoms with Crippen molar-refractivity contribution in [1.82, 2.24) is 14.0 Å². The number of para-hydroxylation sites is 2. The highest BCUT2D eigenvalue weighted by atomic mass is 16.5. The number of hydrogen-bond acceptors (Lipinski definition) is 3. The largest absolute Gasteiger partial charge is 0.491 e. The number of fused-ring (bicyclic) bond motifs is 1. The highest BCUT2D eigenvalue weighted by molar-refractivity contribution is 5.90. The van der Waals surface area contributed by atoms with E-state index in [-0.39, 0.29) is 5.56 Å². The number of rotatable bonds is 10. The highest BCUT2D eigenvalue weighted by Crippen LogP contribution is 2.34. The van der Waals surface area contributed by atoms with Crippen LogP contribution in [0.3, 0.4) is 0 Å². The van der Waals surface area contributed by atoms with E-state index in [1.54, 1.807) is 18.2 Å². The van der Waals surface area contributed by atoms with Gasteiger partial charge in [0.25, 0.3) is 0 Å². The Kier molecular flexibility index (Phi) is 7.19. The van der Waals surface area contributed by atoms with Gasteiger partial charge in [0.2, 0.25) is 0 Å². The zero-order valence-electron chi connectivity index (χ0n) is 20.1. The van der Waals surface area contributed by atoms with Crippen molar-refractivity contribution in [3.63, 3.8) is 0 Å². The van der Waals surface area contributed by atoms with Gasteiger partial charge in [-0.2, -0.15) is 0 Å². The van der Waals surface area contributed by atoms with Gasteiger partial charge in [0.1, 0.15) is 17.9 Å². The average Bonchev–Trinajstić information content (AvgIpc) is 3.53. The lowest BCUT2D eigenvalue weighted by atomic mass is 9.89. The van der Waals surface area contributed by atoms with E-state index in [2.05, 4.69) is 69.0 Å². The number of carboxylic acids is 1. The Labute approximate surface area is 206 Å². The maximum Gasteiger partial charge on any atom is 0.339 e. The number of carboxylic acid groups (broad SMARTS) is 1. The molecule has 0 aliphatic carbocycles. The third-order valence-electron chi connectivity index (χ3n) is 7.11. The van der Waals surface area contributed by atoms with E-state index in [1.807, 2.05) is 6.07 Å². The van der Waals surface area contributed by atoms with E-state index < -0.39 is 5.97 Å². The molecule has 1 aliphatic heterocycles. The molecule has 0 radical (unpaired) electrons. The molecule has 182 valence electrons. The molecule has 35 heavy (non-hydrogen) atoms. The lowest BCUT2D eigenvalue weighted by Gasteiger charge is -2.31. The standard InChI is InChI=1S/C29H33N3O3/c33-29(34)25-9-2-4-11-28(25)35-21-20-31-18-12-23(13-19-31)26-22-32(27-10-3-1-8-24(26)27)17-7-16-30-14-5-6-15-30/h1-6,8-11,14-15,22-23H,7,12-13,16-21H2,(H,33,34). The van der Waals surface area contributed by atoms with Crippen LogP contribution in [0.4, 0.5) is 0 Å². The van der Waals surface area contributed by atoms with Crippen molar-refractivity contribution in [1.29, 1.82) is 0 Å². The van der Waals surface area contributed by atoms with E-state index in [0.29, 0.717) is 18.3 Å². The summed E-state index contributed by atoms with van der Waals surface area (Å²) in [5.74, 6) is 0.0558. The predicted molar refractivity (Wildman–Crippen MR) is 138 cm³/mol. The highest BCUT2D eigenvalue weighted by Gasteiger charge is 2.24. The van der Waals surface area contributed by atoms with Gasteiger partial charge >= 0.3 is 5.97 Å². The first-order chi connectivity index (χ1) is 17.2. The third-order valence-corrected chi connectivity index (χ3v) is 7.11. The minimum absolute atomic E-state index is 0.218. The molecule has 0 unspecified atom stereocenters. The molecule has 2 aromatic carbocycles. The molecule has 5 rings (SSSR count). The molecule has 0 spiro atoms. The van der Waals surface area contributed by atoms with Crippen LogP contribution >= 0.6 is 0 Å². The van der Waals surface area contributed by atoms with Crippen molar-refractivity contribution in [3.8, 4) is 5.75 Å². The van der Waals surface area contributed by atoms with Crippen molar-refractivity contribution in [2.24, 2.45) is 0 Å². The predicted octanol–water partition coefficient (Wildman–Crippen LogP) is 5.49. The number of aromatic carboxylic acids is 1. The zero-order valence-corrected chi connectivity index (χ0v) is 20.1. The van der Waals surface area contributed by atoms with E-state index in [0.717, 1.165) is 52.0 Å². The van der Waals surface area contributed by atoms with Crippen LogP contribution in [-0.2, 0) is 13.1 Å². The quantitative estimate of drug-likeness (QED) is 0.332. The summed E-state index contributed by atoms with van der Waals surface area (Å²) < 4.78 is 10.5. The summed E-state index contributed by atoms with van der Waals surface area (Å²) in [6, 6.07) is 19.8. The van der Waals surface area contributed by atoms with Crippen LogP contribution in [0.2, 0.25) is 0 Å². The fourth-order valence-corrected chi connectivity index (χ4v) is 5.25. The summed E-state index contributed by atoms with van der Waals surface area (Å²) in [5.41, 5.74) is 3.03. The number of aromatic nitrogens is 2. The fraction of sp³-hybridized carbons (Fsp3) is 0.345. The number of likely N-dealkylation sites (tertiary alicyclic amines) is 1. The Morgan fingerprint density at radius 1 is 0.914 bits per heavy atom. The Hall–Kier alpha value is -3.51. The normalized spacial score (nSPS) is 15.0. The van der Waals surface area contributed by atoms with Crippen LogP contribution < -0.4 is 4.74 Å². The van der Waals surface area contributed by atoms with Crippen LogP contribution in [0.1, 0.15) is 41.1 Å². The van der Waals surface area contributed by atoms with E-state index in [1.165, 1.54) is 16.5 Å². The molecule has 0 saturated carbocycles. The summed E-state index contributed by atoms with van der Waals surface area (Å²) in [6.07, 6.45) is 10.0. The lowest BCUT2D eigenvalue weighted by molar-refractivity contribution is 0.0691. The number of hydrogen-bond donors (Lipinski definition) is 1. The van der Waals surface area contributed by atoms with Crippen LogP contribution in [0.25, 0.3) is 10.9 Å². The zero-order chi connectivity index (χ0) is 24.0. The third kappa shape index (κ3) is 5.43. The maximum atomic E-state index is 11.4. The van der Waals surface area contributed by atoms with Gasteiger partial charge in [-0.15, -0.1) is 0 Å². The van der Waals surface area contributed by atoms with Crippen molar-refractivity contribution >= 4 is 16.9 Å². The van der Waals surface area contributed by atoms with Crippen LogP contribution in [-0.4, -0.2) is 51.4 Å². The Morgan fingerprint density at radius 2 is 1.66 bits per heavy atom. The molecule has 0 bridgehead atoms. The number of benzene rings is 2. The minimum Gasteiger partial charge on any atom is -0.491 e. The van der Waals surface area contributed by atoms with Gasteiger partial charge in [0.05, 0.1) is 0 Å². The Balaban J connectivity index is 1.17. The van der Waals surface area contributed by atoms with E-state index in [9.17, 15) is 9.90 Å². The molecule has 6 nitrogen and oxygen atoms in total. The topological polar surface area (TPSA) is 59.6 Å². The first kappa shape index (κ1) is 23.2. The van der Waals surface area contributed by atoms with Crippen molar-refractivity contribution in [2.45, 2.75) is 38.3 Å². The van der Waals surface area contributed by atoms with Gasteiger partial charge in [0, 0.05) is 49.1 Å². The fourth-order valence-electron chi connectivity index (χ4n) is 5.25. The summed E-state index contributed by atoms with van der Waals surface area (Å²) in [5, 5.41) is 10.7. The second-order valence-corrected chi connectivity index (χ2v) is 9.34. The first-order valence-electron chi connectivity index (χ1n) is 12.5. The molecule has 0 amide bonds. The van der Waals surface area contributed by atoms with Crippen LogP contribution in [0, 0.1) is 0 Å². The summed E-state index contributed by atoms with van der Waals surface area (Å²) >= 11 is 0. The summed E-state index contributed by atoms with van der Waals surface area (Å²) in [4.78, 5) is 13.8. The van der Waals surface area contributed by atoms with Crippen LogP contribution in [0.5, 0.6) is 5.75 Å². The molecule has 3 heterocycles. The lowest BCUT2D eigenvalue weighted by Crippen LogP contribution is -2.35. The monoisotopic (exact) mass is 471 g/mol. The second-order valence-electron chi connectivity index (χ2n) is 9.34. The molecule has 1 saturated heterocycles. The van der Waals surface area contributed by atoms with Crippen molar-refractivity contribution in [3.05, 3.63) is 90.4 Å². The number of piperidine rings is 1. The summed E-state index contributed by atoms with van der Waals surface area (Å²) in [7, 11) is 0. The first-order valence-corrected chi connectivity index (χ1v) is 12.5. The molecule has 4 aromatic rings. The number of carbonyl (C=O) groups is 1. The molecule has 1 N–H and O–H groups in total. The molecule has 2 aromatic heterocycles. The van der Waals surface area contributed by atoms with Gasteiger partial charge in [-0.25, -0.2) is 4.79 Å². The molecule has 0 atom stereocenters. The molecule has 6 heteroatoms. The summed E-state index contributed by atoms with van der Waals surface area (Å²) in [6.45, 7) is 5.42. The Morgan fingerprint density at radius 3 is 2.46 bits per heavy atom. The van der Waals surface area contributed by atoms with Gasteiger partial charge in [-0.3, -0.25) is 4.90 Å². The molecule has 1 fully saturated rings. The SMILES string of the molecule is O=C(O)c1ccccc1OCCN1CCC(c2cn(CCCn3cccc3)c3ccccc23)CC1. The van der Waals surface area contributed by atoms with Gasteiger partial charge < -0.3 is 19.0 Å². The van der Waals surface area contributed by atoms with Gasteiger partial charge in [0.15, 0.2) is 0 Å². The smallest absolute Gasteiger partial charge is 0.339 e. The average molecular weight is 472 g/mol. The van der Waals surface area contributed by atoms with Gasteiger partial charge in [-0.05, 0) is 74.2 Å². The molecular formula is C29H33N3O3. The van der Waals surface area contributed by atoms with Crippen molar-refractivity contribution in [2.75, 3.05) is 26.2 Å². The van der Waals surface area contributed by atoms with E-state index in [4.69, 9.17) is 4.74 Å². The number of aryl methyl sites for hydroxylation is 2. The molecule has 1 aliphatic rings. The van der Waals surface area contributed by atoms with Crippen LogP contribution in [0.15, 0.2) is 79.3 Å². The minimum atomic E-state index is -0.953. The van der Waals surface area contributed by atoms with Crippen molar-refractivity contribution < 1.29 is 14.6 Å². The number of ether oxygens (including phenoxy) is 1. The number of nitrogens with zero attached hydrogens (tertiary/aromatic N) is 3. The Bertz CT molecular complexity index is 1250. The maximum absolute atomic E-state index is 11.4. The molecular weight excluding hydrogens is 438 g/mol.